The van der Waals surface area contributed by atoms with Gasteiger partial charge in [-0.25, -0.2) is 4.79 Å². The molecule has 0 atom stereocenters. The van der Waals surface area contributed by atoms with Gasteiger partial charge in [-0.15, -0.1) is 0 Å². The Morgan fingerprint density at radius 2 is 1.96 bits per heavy atom. The van der Waals surface area contributed by atoms with Crippen molar-refractivity contribution >= 4 is 5.97 Å². The summed E-state index contributed by atoms with van der Waals surface area (Å²) >= 11 is 0. The predicted molar refractivity (Wildman–Crippen MR) is 86.9 cm³/mol. The Morgan fingerprint density at radius 3 is 2.58 bits per heavy atom. The van der Waals surface area contributed by atoms with Gasteiger partial charge < -0.3 is 18.9 Å². The average Bonchev–Trinajstić information content (AvgIpc) is 2.63. The highest BCUT2D eigenvalue weighted by molar-refractivity contribution is 5.95. The van der Waals surface area contributed by atoms with Crippen LogP contribution in [0.25, 0.3) is 0 Å². The molecular weight excluding hydrogens is 348 g/mol. The topological polar surface area (TPSA) is 77.8 Å². The van der Waals surface area contributed by atoms with E-state index in [4.69, 9.17) is 19.5 Å². The van der Waals surface area contributed by atoms with E-state index in [1.54, 1.807) is 6.92 Å². The van der Waals surface area contributed by atoms with Crippen molar-refractivity contribution in [1.29, 1.82) is 5.26 Å². The minimum Gasteiger partial charge on any atom is -0.493 e. The van der Waals surface area contributed by atoms with Crippen LogP contribution in [0.2, 0.25) is 0 Å². The third-order valence-corrected chi connectivity index (χ3v) is 3.20. The highest BCUT2D eigenvalue weighted by Crippen LogP contribution is 2.35. The zero-order valence-electron chi connectivity index (χ0n) is 14.0. The molecule has 0 spiro atoms. The van der Waals surface area contributed by atoms with Gasteiger partial charge in [-0.1, -0.05) is 6.07 Å². The Labute approximate surface area is 148 Å². The number of halogens is 2. The summed E-state index contributed by atoms with van der Waals surface area (Å²) in [5.74, 6) is -1.18. The van der Waals surface area contributed by atoms with Crippen LogP contribution in [-0.2, 0) is 0 Å². The molecule has 2 rings (SSSR count). The third kappa shape index (κ3) is 4.39. The maximum absolute atomic E-state index is 12.7. The van der Waals surface area contributed by atoms with Crippen LogP contribution in [0, 0.1) is 11.3 Å². The minimum absolute atomic E-state index is 0.0374. The molecule has 0 aliphatic carbocycles. The van der Waals surface area contributed by atoms with Crippen LogP contribution in [0.4, 0.5) is 8.78 Å². The normalized spacial score (nSPS) is 10.2. The quantitative estimate of drug-likeness (QED) is 0.550. The number of esters is 1. The summed E-state index contributed by atoms with van der Waals surface area (Å²) in [6, 6.07) is 10.3. The third-order valence-electron chi connectivity index (χ3n) is 3.20. The molecule has 2 aromatic rings. The predicted octanol–water partition coefficient (Wildman–Crippen LogP) is 3.79. The van der Waals surface area contributed by atoms with Crippen LogP contribution < -0.4 is 18.9 Å². The first-order valence-corrected chi connectivity index (χ1v) is 7.51. The van der Waals surface area contributed by atoms with E-state index in [9.17, 15) is 13.6 Å². The lowest BCUT2D eigenvalue weighted by Gasteiger charge is -2.15. The van der Waals surface area contributed by atoms with Gasteiger partial charge in [0.05, 0.1) is 25.3 Å². The molecule has 0 aliphatic rings. The summed E-state index contributed by atoms with van der Waals surface area (Å²) in [6.07, 6.45) is 0. The van der Waals surface area contributed by atoms with E-state index >= 15 is 0 Å². The van der Waals surface area contributed by atoms with Gasteiger partial charge in [-0.3, -0.25) is 0 Å². The standard InChI is InChI=1S/C18H15F2NO5/c1-3-24-15-9-11(10-21)7-8-13(15)25-17(22)12-5-4-6-14(23-2)16(12)26-18(19)20/h4-9,18H,3H2,1-2H3. The second kappa shape index (κ2) is 8.67. The first kappa shape index (κ1) is 19.0. The van der Waals surface area contributed by atoms with Gasteiger partial charge in [0.2, 0.25) is 0 Å². The molecule has 0 aromatic heterocycles. The number of alkyl halides is 2. The summed E-state index contributed by atoms with van der Waals surface area (Å²) < 4.78 is 45.3. The molecule has 0 heterocycles. The number of ether oxygens (including phenoxy) is 4. The summed E-state index contributed by atoms with van der Waals surface area (Å²) in [6.45, 7) is -1.15. The highest BCUT2D eigenvalue weighted by Gasteiger charge is 2.23. The lowest BCUT2D eigenvalue weighted by Crippen LogP contribution is -2.14. The monoisotopic (exact) mass is 363 g/mol. The molecule has 26 heavy (non-hydrogen) atoms. The Bertz CT molecular complexity index is 833. The van der Waals surface area contributed by atoms with Gasteiger partial charge in [0.25, 0.3) is 0 Å². The fourth-order valence-corrected chi connectivity index (χ4v) is 2.13. The van der Waals surface area contributed by atoms with Gasteiger partial charge in [0.1, 0.15) is 5.56 Å². The largest absolute Gasteiger partial charge is 0.493 e. The fraction of sp³-hybridized carbons (Fsp3) is 0.222. The molecule has 0 unspecified atom stereocenters. The average molecular weight is 363 g/mol. The molecule has 0 N–H and O–H groups in total. The zero-order valence-corrected chi connectivity index (χ0v) is 14.0. The van der Waals surface area contributed by atoms with Gasteiger partial charge in [-0.05, 0) is 31.2 Å². The molecule has 136 valence electrons. The molecule has 0 amide bonds. The second-order valence-corrected chi connectivity index (χ2v) is 4.81. The smallest absolute Gasteiger partial charge is 0.387 e. The molecule has 0 radical (unpaired) electrons. The van der Waals surface area contributed by atoms with Gasteiger partial charge in [0.15, 0.2) is 23.0 Å². The number of nitrogens with zero attached hydrogens (tertiary/aromatic N) is 1. The van der Waals surface area contributed by atoms with E-state index in [1.165, 1.54) is 43.5 Å². The number of methoxy groups -OCH3 is 1. The number of carbonyl (C=O) groups excluding carboxylic acids is 1. The molecule has 8 heteroatoms. The minimum atomic E-state index is -3.15. The summed E-state index contributed by atoms with van der Waals surface area (Å²) in [4.78, 5) is 12.5. The van der Waals surface area contributed by atoms with Gasteiger partial charge in [-0.2, -0.15) is 14.0 Å². The van der Waals surface area contributed by atoms with E-state index in [1.807, 2.05) is 6.07 Å². The van der Waals surface area contributed by atoms with Crippen LogP contribution in [0.15, 0.2) is 36.4 Å². The number of rotatable bonds is 7. The Morgan fingerprint density at radius 1 is 1.19 bits per heavy atom. The van der Waals surface area contributed by atoms with Gasteiger partial charge >= 0.3 is 12.6 Å². The van der Waals surface area contributed by atoms with Crippen molar-refractivity contribution in [2.45, 2.75) is 13.5 Å². The van der Waals surface area contributed by atoms with E-state index < -0.39 is 18.3 Å². The molecule has 6 nitrogen and oxygen atoms in total. The number of nitriles is 1. The first-order valence-electron chi connectivity index (χ1n) is 7.51. The molecule has 0 saturated heterocycles. The van der Waals surface area contributed by atoms with Crippen LogP contribution in [0.1, 0.15) is 22.8 Å². The Hall–Kier alpha value is -3.34. The molecule has 0 fully saturated rings. The number of para-hydroxylation sites is 1. The number of carbonyl (C=O) groups is 1. The Kier molecular flexibility index (Phi) is 6.33. The number of hydrogen-bond donors (Lipinski definition) is 0. The van der Waals surface area contributed by atoms with Crippen molar-refractivity contribution in [3.63, 3.8) is 0 Å². The fourth-order valence-electron chi connectivity index (χ4n) is 2.13. The lowest BCUT2D eigenvalue weighted by molar-refractivity contribution is -0.0516. The maximum Gasteiger partial charge on any atom is 0.387 e. The van der Waals surface area contributed by atoms with Crippen LogP contribution in [-0.4, -0.2) is 26.3 Å². The second-order valence-electron chi connectivity index (χ2n) is 4.81. The van der Waals surface area contributed by atoms with E-state index in [0.717, 1.165) is 0 Å². The van der Waals surface area contributed by atoms with E-state index in [0.29, 0.717) is 5.56 Å². The first-order chi connectivity index (χ1) is 12.5. The van der Waals surface area contributed by atoms with Crippen molar-refractivity contribution < 1.29 is 32.5 Å². The SMILES string of the molecule is CCOc1cc(C#N)ccc1OC(=O)c1cccc(OC)c1OC(F)F. The molecule has 0 bridgehead atoms. The van der Waals surface area contributed by atoms with Crippen LogP contribution >= 0.6 is 0 Å². The summed E-state index contributed by atoms with van der Waals surface area (Å²) in [7, 11) is 1.26. The van der Waals surface area contributed by atoms with Crippen molar-refractivity contribution in [1.82, 2.24) is 0 Å². The zero-order chi connectivity index (χ0) is 19.1. The summed E-state index contributed by atoms with van der Waals surface area (Å²) in [5, 5.41) is 8.94. The van der Waals surface area contributed by atoms with Gasteiger partial charge in [0, 0.05) is 6.07 Å². The van der Waals surface area contributed by atoms with E-state index in [2.05, 4.69) is 4.74 Å². The van der Waals surface area contributed by atoms with Crippen molar-refractivity contribution in [2.24, 2.45) is 0 Å². The molecule has 0 saturated carbocycles. The van der Waals surface area contributed by atoms with Crippen molar-refractivity contribution in [3.05, 3.63) is 47.5 Å². The van der Waals surface area contributed by atoms with Crippen molar-refractivity contribution in [2.75, 3.05) is 13.7 Å². The number of hydrogen-bond acceptors (Lipinski definition) is 6. The highest BCUT2D eigenvalue weighted by atomic mass is 19.3. The molecule has 0 aliphatic heterocycles. The Balaban J connectivity index is 2.38. The molecular formula is C18H15F2NO5. The summed E-state index contributed by atoms with van der Waals surface area (Å²) in [5.41, 5.74) is 0.0767. The maximum atomic E-state index is 12.7. The van der Waals surface area contributed by atoms with Crippen molar-refractivity contribution in [3.8, 4) is 29.1 Å². The lowest BCUT2D eigenvalue weighted by atomic mass is 10.2. The molecule has 2 aromatic carbocycles. The number of benzene rings is 2. The van der Waals surface area contributed by atoms with Crippen LogP contribution in [0.5, 0.6) is 23.0 Å². The van der Waals surface area contributed by atoms with E-state index in [-0.39, 0.29) is 29.4 Å². The van der Waals surface area contributed by atoms with Crippen LogP contribution in [0.3, 0.4) is 0 Å².